The number of nitrogens with zero attached hydrogens (tertiary/aromatic N) is 1. The van der Waals surface area contributed by atoms with Crippen LogP contribution >= 0.6 is 11.3 Å². The summed E-state index contributed by atoms with van der Waals surface area (Å²) in [6, 6.07) is 2.11. The van der Waals surface area contributed by atoms with Crippen LogP contribution in [-0.2, 0) is 4.79 Å². The molecule has 108 valence electrons. The second kappa shape index (κ2) is 6.70. The molecular weight excluding hydrogens is 274 g/mol. The van der Waals surface area contributed by atoms with Gasteiger partial charge in [-0.2, -0.15) is 0 Å². The summed E-state index contributed by atoms with van der Waals surface area (Å²) in [5, 5.41) is 10.4. The van der Waals surface area contributed by atoms with Crippen LogP contribution in [0, 0.1) is 0 Å². The molecule has 1 aliphatic heterocycles. The maximum atomic E-state index is 12.5. The standard InChI is InChI=1S/C15H19NO3S/c1-2-12-5-3-4-8-16(12)15(19)11-9-13(20-10-11)6-7-14(17)18/h6-7,9-10,12H,2-5,8H2,1H3,(H,17,18). The van der Waals surface area contributed by atoms with Gasteiger partial charge in [0.2, 0.25) is 0 Å². The smallest absolute Gasteiger partial charge is 0.328 e. The molecule has 0 spiro atoms. The lowest BCUT2D eigenvalue weighted by atomic mass is 9.99. The fourth-order valence-corrected chi connectivity index (χ4v) is 3.34. The molecule has 1 unspecified atom stereocenters. The summed E-state index contributed by atoms with van der Waals surface area (Å²) in [5.41, 5.74) is 0.667. The Balaban J connectivity index is 2.10. The predicted octanol–water partition coefficient (Wildman–Crippen LogP) is 3.25. The third-order valence-corrected chi connectivity index (χ3v) is 4.51. The molecule has 1 aromatic rings. The summed E-state index contributed by atoms with van der Waals surface area (Å²) in [5.74, 6) is -0.906. The highest BCUT2D eigenvalue weighted by atomic mass is 32.1. The lowest BCUT2D eigenvalue weighted by Gasteiger charge is -2.35. The second-order valence-electron chi connectivity index (χ2n) is 4.97. The summed E-state index contributed by atoms with van der Waals surface area (Å²) in [6.45, 7) is 2.94. The van der Waals surface area contributed by atoms with Crippen LogP contribution in [0.5, 0.6) is 0 Å². The molecule has 1 aromatic heterocycles. The lowest BCUT2D eigenvalue weighted by Crippen LogP contribution is -2.43. The fourth-order valence-electron chi connectivity index (χ4n) is 2.56. The van der Waals surface area contributed by atoms with Gasteiger partial charge in [0.25, 0.3) is 5.91 Å². The topological polar surface area (TPSA) is 57.6 Å². The molecule has 1 N–H and O–H groups in total. The molecule has 0 bridgehead atoms. The number of piperidine rings is 1. The number of hydrogen-bond donors (Lipinski definition) is 1. The highest BCUT2D eigenvalue weighted by molar-refractivity contribution is 7.11. The minimum absolute atomic E-state index is 0.0720. The molecule has 1 amide bonds. The predicted molar refractivity (Wildman–Crippen MR) is 80.0 cm³/mol. The van der Waals surface area contributed by atoms with Crippen molar-refractivity contribution in [1.82, 2.24) is 4.90 Å². The average Bonchev–Trinajstić information content (AvgIpc) is 2.93. The normalized spacial score (nSPS) is 19.4. The van der Waals surface area contributed by atoms with Crippen LogP contribution in [0.15, 0.2) is 17.5 Å². The highest BCUT2D eigenvalue weighted by Gasteiger charge is 2.26. The van der Waals surface area contributed by atoms with Crippen molar-refractivity contribution in [3.8, 4) is 0 Å². The molecule has 2 heterocycles. The van der Waals surface area contributed by atoms with Crippen LogP contribution in [0.25, 0.3) is 6.08 Å². The van der Waals surface area contributed by atoms with E-state index in [-0.39, 0.29) is 5.91 Å². The van der Waals surface area contributed by atoms with Crippen LogP contribution in [0.4, 0.5) is 0 Å². The Morgan fingerprint density at radius 1 is 1.50 bits per heavy atom. The molecule has 0 aromatic carbocycles. The van der Waals surface area contributed by atoms with E-state index in [1.807, 2.05) is 10.3 Å². The zero-order chi connectivity index (χ0) is 14.5. The van der Waals surface area contributed by atoms with Gasteiger partial charge in [-0.05, 0) is 37.8 Å². The van der Waals surface area contributed by atoms with Crippen molar-refractivity contribution in [3.05, 3.63) is 28.0 Å². The molecule has 0 aliphatic carbocycles. The van der Waals surface area contributed by atoms with Gasteiger partial charge in [0, 0.05) is 28.9 Å². The van der Waals surface area contributed by atoms with Crippen molar-refractivity contribution >= 4 is 29.3 Å². The minimum atomic E-state index is -0.978. The van der Waals surface area contributed by atoms with E-state index in [1.165, 1.54) is 23.8 Å². The molecule has 2 rings (SSSR count). The molecule has 4 nitrogen and oxygen atoms in total. The van der Waals surface area contributed by atoms with E-state index in [0.29, 0.717) is 11.6 Å². The lowest BCUT2D eigenvalue weighted by molar-refractivity contribution is -0.131. The zero-order valence-corrected chi connectivity index (χ0v) is 12.4. The number of likely N-dealkylation sites (tertiary alicyclic amines) is 1. The number of hydrogen-bond acceptors (Lipinski definition) is 3. The molecule has 1 saturated heterocycles. The number of carboxylic acid groups (broad SMARTS) is 1. The Labute approximate surface area is 122 Å². The molecule has 0 saturated carbocycles. The van der Waals surface area contributed by atoms with Crippen LogP contribution in [-0.4, -0.2) is 34.5 Å². The van der Waals surface area contributed by atoms with Crippen molar-refractivity contribution < 1.29 is 14.7 Å². The van der Waals surface area contributed by atoms with Gasteiger partial charge in [0.05, 0.1) is 5.56 Å². The second-order valence-corrected chi connectivity index (χ2v) is 5.91. The third kappa shape index (κ3) is 3.48. The molecule has 5 heteroatoms. The summed E-state index contributed by atoms with van der Waals surface area (Å²) in [4.78, 5) is 25.8. The first-order valence-electron chi connectivity index (χ1n) is 6.92. The van der Waals surface area contributed by atoms with Crippen molar-refractivity contribution in [1.29, 1.82) is 0 Å². The average molecular weight is 293 g/mol. The van der Waals surface area contributed by atoms with Gasteiger partial charge >= 0.3 is 5.97 Å². The highest BCUT2D eigenvalue weighted by Crippen LogP contribution is 2.24. The molecular formula is C15H19NO3S. The van der Waals surface area contributed by atoms with Gasteiger partial charge in [-0.1, -0.05) is 6.92 Å². The third-order valence-electron chi connectivity index (χ3n) is 3.62. The number of rotatable bonds is 4. The van der Waals surface area contributed by atoms with E-state index >= 15 is 0 Å². The molecule has 1 fully saturated rings. The van der Waals surface area contributed by atoms with E-state index < -0.39 is 5.97 Å². The Hall–Kier alpha value is -1.62. The van der Waals surface area contributed by atoms with Crippen molar-refractivity contribution in [3.63, 3.8) is 0 Å². The van der Waals surface area contributed by atoms with Crippen LogP contribution in [0.3, 0.4) is 0 Å². The first kappa shape index (κ1) is 14.8. The molecule has 0 radical (unpaired) electrons. The van der Waals surface area contributed by atoms with Crippen molar-refractivity contribution in [2.45, 2.75) is 38.6 Å². The quantitative estimate of drug-likeness (QED) is 0.867. The van der Waals surface area contributed by atoms with E-state index in [1.54, 1.807) is 6.07 Å². The van der Waals surface area contributed by atoms with Crippen LogP contribution < -0.4 is 0 Å². The van der Waals surface area contributed by atoms with Crippen molar-refractivity contribution in [2.24, 2.45) is 0 Å². The first-order chi connectivity index (χ1) is 9.61. The van der Waals surface area contributed by atoms with Gasteiger partial charge < -0.3 is 10.0 Å². The Morgan fingerprint density at radius 3 is 3.00 bits per heavy atom. The number of amides is 1. The molecule has 1 aliphatic rings. The van der Waals surface area contributed by atoms with Gasteiger partial charge in [-0.15, -0.1) is 11.3 Å². The van der Waals surface area contributed by atoms with E-state index in [2.05, 4.69) is 6.92 Å². The van der Waals surface area contributed by atoms with Crippen LogP contribution in [0.1, 0.15) is 47.8 Å². The number of carbonyl (C=O) groups is 2. The van der Waals surface area contributed by atoms with Crippen LogP contribution in [0.2, 0.25) is 0 Å². The maximum Gasteiger partial charge on any atom is 0.328 e. The number of thiophene rings is 1. The molecule has 1 atom stereocenters. The number of carboxylic acids is 1. The van der Waals surface area contributed by atoms with Gasteiger partial charge in [-0.3, -0.25) is 4.79 Å². The summed E-state index contributed by atoms with van der Waals surface area (Å²) in [7, 11) is 0. The number of carbonyl (C=O) groups excluding carboxylic acids is 1. The van der Waals surface area contributed by atoms with Gasteiger partial charge in [-0.25, -0.2) is 4.79 Å². The zero-order valence-electron chi connectivity index (χ0n) is 11.5. The Bertz CT molecular complexity index is 521. The molecule has 20 heavy (non-hydrogen) atoms. The first-order valence-corrected chi connectivity index (χ1v) is 7.80. The van der Waals surface area contributed by atoms with Crippen molar-refractivity contribution in [2.75, 3.05) is 6.54 Å². The van der Waals surface area contributed by atoms with E-state index in [0.717, 1.165) is 36.8 Å². The summed E-state index contributed by atoms with van der Waals surface area (Å²) in [6.07, 6.45) is 6.95. The monoisotopic (exact) mass is 293 g/mol. The largest absolute Gasteiger partial charge is 0.478 e. The van der Waals surface area contributed by atoms with Gasteiger partial charge in [0.15, 0.2) is 0 Å². The summed E-state index contributed by atoms with van der Waals surface area (Å²) < 4.78 is 0. The van der Waals surface area contributed by atoms with E-state index in [4.69, 9.17) is 5.11 Å². The number of aliphatic carboxylic acids is 1. The van der Waals surface area contributed by atoms with Gasteiger partial charge in [0.1, 0.15) is 0 Å². The van der Waals surface area contributed by atoms with E-state index in [9.17, 15) is 9.59 Å². The minimum Gasteiger partial charge on any atom is -0.478 e. The SMILES string of the molecule is CCC1CCCCN1C(=O)c1csc(C=CC(=O)O)c1. The fraction of sp³-hybridized carbons (Fsp3) is 0.467. The maximum absolute atomic E-state index is 12.5. The Kier molecular flexibility index (Phi) is 4.95. The Morgan fingerprint density at radius 2 is 2.30 bits per heavy atom. The summed E-state index contributed by atoms with van der Waals surface area (Å²) >= 11 is 1.40.